The van der Waals surface area contributed by atoms with Crippen molar-refractivity contribution in [1.29, 1.82) is 0 Å². The number of aliphatic hydroxyl groups is 1. The zero-order valence-corrected chi connectivity index (χ0v) is 15.7. The molecule has 3 aliphatic rings. The molecule has 0 aromatic heterocycles. The number of carbonyl (C=O) groups excluding carboxylic acids is 3. The van der Waals surface area contributed by atoms with Crippen LogP contribution in [0.1, 0.15) is 39.5 Å². The Labute approximate surface area is 153 Å². The van der Waals surface area contributed by atoms with E-state index in [0.717, 1.165) is 12.8 Å². The highest BCUT2D eigenvalue weighted by Gasteiger charge is 2.74. The average Bonchev–Trinajstić information content (AvgIpc) is 3.27. The number of hydrogen-bond acceptors (Lipinski definition) is 5. The highest BCUT2D eigenvalue weighted by Crippen LogP contribution is 2.58. The molecule has 3 heterocycles. The van der Waals surface area contributed by atoms with Crippen LogP contribution in [0.5, 0.6) is 0 Å². The number of fused-ring (bicyclic) bond motifs is 1. The zero-order chi connectivity index (χ0) is 19.1. The summed E-state index contributed by atoms with van der Waals surface area (Å²) in [7, 11) is 1.55. The summed E-state index contributed by atoms with van der Waals surface area (Å²) in [5.41, 5.74) is -0.974. The Morgan fingerprint density at radius 1 is 1.42 bits per heavy atom. The Morgan fingerprint density at radius 3 is 2.77 bits per heavy atom. The molecule has 6 atom stereocenters. The molecule has 8 heteroatoms. The lowest BCUT2D eigenvalue weighted by Gasteiger charge is -2.35. The maximum Gasteiger partial charge on any atom is 0.245 e. The normalized spacial score (nSPS) is 36.2. The first kappa shape index (κ1) is 19.1. The summed E-state index contributed by atoms with van der Waals surface area (Å²) < 4.78 is 6.19. The summed E-state index contributed by atoms with van der Waals surface area (Å²) in [5, 5.41) is 15.2. The fourth-order valence-electron chi connectivity index (χ4n) is 4.90. The summed E-state index contributed by atoms with van der Waals surface area (Å²) in [6.07, 6.45) is 2.69. The summed E-state index contributed by atoms with van der Waals surface area (Å²) in [6.45, 7) is 4.03. The Hall–Kier alpha value is -1.67. The second-order valence-corrected chi connectivity index (χ2v) is 7.59. The van der Waals surface area contributed by atoms with Crippen LogP contribution >= 0.6 is 0 Å². The fourth-order valence-corrected chi connectivity index (χ4v) is 4.90. The van der Waals surface area contributed by atoms with Crippen molar-refractivity contribution in [2.24, 2.45) is 11.8 Å². The Bertz CT molecular complexity index is 597. The molecule has 2 bridgehead atoms. The molecule has 3 amide bonds. The first-order chi connectivity index (χ1) is 12.4. The molecule has 0 aromatic rings. The van der Waals surface area contributed by atoms with E-state index in [9.17, 15) is 19.5 Å². The van der Waals surface area contributed by atoms with Crippen LogP contribution in [0.3, 0.4) is 0 Å². The van der Waals surface area contributed by atoms with E-state index in [-0.39, 0.29) is 30.4 Å². The van der Waals surface area contributed by atoms with Crippen LogP contribution < -0.4 is 10.6 Å². The molecule has 0 aromatic carbocycles. The van der Waals surface area contributed by atoms with Crippen LogP contribution in [0.4, 0.5) is 0 Å². The van der Waals surface area contributed by atoms with Gasteiger partial charge >= 0.3 is 0 Å². The molecule has 1 spiro atoms. The monoisotopic (exact) mass is 367 g/mol. The van der Waals surface area contributed by atoms with Crippen molar-refractivity contribution in [3.05, 3.63) is 0 Å². The number of rotatable bonds is 7. The maximum atomic E-state index is 13.2. The first-order valence-electron chi connectivity index (χ1n) is 9.53. The van der Waals surface area contributed by atoms with Crippen molar-refractivity contribution in [3.8, 4) is 0 Å². The third-order valence-corrected chi connectivity index (χ3v) is 6.10. The lowest BCUT2D eigenvalue weighted by atomic mass is 9.70. The molecule has 3 N–H and O–H groups in total. The van der Waals surface area contributed by atoms with E-state index in [2.05, 4.69) is 10.6 Å². The number of nitrogens with one attached hydrogen (secondary N) is 2. The first-order valence-corrected chi connectivity index (χ1v) is 9.53. The van der Waals surface area contributed by atoms with Gasteiger partial charge in [-0.1, -0.05) is 13.3 Å². The minimum absolute atomic E-state index is 0.224. The molecule has 8 nitrogen and oxygen atoms in total. The van der Waals surface area contributed by atoms with Gasteiger partial charge in [-0.2, -0.15) is 0 Å². The molecule has 2 unspecified atom stereocenters. The molecule has 0 aliphatic carbocycles. The molecule has 3 rings (SSSR count). The van der Waals surface area contributed by atoms with Gasteiger partial charge in [-0.05, 0) is 26.2 Å². The number of amides is 3. The summed E-state index contributed by atoms with van der Waals surface area (Å²) >= 11 is 0. The minimum atomic E-state index is -0.974. The van der Waals surface area contributed by atoms with Crippen molar-refractivity contribution in [3.63, 3.8) is 0 Å². The molecule has 3 aliphatic heterocycles. The van der Waals surface area contributed by atoms with Crippen LogP contribution in [0.2, 0.25) is 0 Å². The fraction of sp³-hybridized carbons (Fsp3) is 0.833. The second kappa shape index (κ2) is 7.15. The predicted molar refractivity (Wildman–Crippen MR) is 93.0 cm³/mol. The highest BCUT2D eigenvalue weighted by atomic mass is 16.5. The van der Waals surface area contributed by atoms with E-state index < -0.39 is 29.5 Å². The van der Waals surface area contributed by atoms with Crippen molar-refractivity contribution in [2.75, 3.05) is 20.2 Å². The van der Waals surface area contributed by atoms with Crippen molar-refractivity contribution in [1.82, 2.24) is 15.5 Å². The Morgan fingerprint density at radius 2 is 2.15 bits per heavy atom. The van der Waals surface area contributed by atoms with Gasteiger partial charge in [0.1, 0.15) is 11.6 Å². The predicted octanol–water partition coefficient (Wildman–Crippen LogP) is -0.596. The van der Waals surface area contributed by atoms with E-state index in [1.807, 2.05) is 6.92 Å². The zero-order valence-electron chi connectivity index (χ0n) is 15.7. The summed E-state index contributed by atoms with van der Waals surface area (Å²) in [5.74, 6) is -2.00. The molecule has 3 fully saturated rings. The number of likely N-dealkylation sites (tertiary alicyclic amines) is 1. The number of ether oxygens (including phenoxy) is 1. The van der Waals surface area contributed by atoms with E-state index in [0.29, 0.717) is 19.4 Å². The number of carbonyl (C=O) groups is 3. The molecule has 146 valence electrons. The average molecular weight is 367 g/mol. The molecular weight excluding hydrogens is 338 g/mol. The van der Waals surface area contributed by atoms with E-state index in [4.69, 9.17) is 4.74 Å². The van der Waals surface area contributed by atoms with Gasteiger partial charge in [0, 0.05) is 13.6 Å². The standard InChI is InChI=1S/C18H29N3O5/c1-4-5-8-20-16(24)14-18-7-6-11(26-18)12(15(23)19-3)13(18)17(25)21(14)10(2)9-22/h10-14,22H,4-9H2,1-3H3,(H,19,23)(H,20,24)/t10-,11+,12-,13+,14?,18?/m1/s1. The molecule has 0 saturated carbocycles. The van der Waals surface area contributed by atoms with Gasteiger partial charge in [-0.15, -0.1) is 0 Å². The number of aliphatic hydroxyl groups excluding tert-OH is 1. The Kier molecular flexibility index (Phi) is 5.25. The van der Waals surface area contributed by atoms with Gasteiger partial charge in [0.25, 0.3) is 0 Å². The van der Waals surface area contributed by atoms with Gasteiger partial charge < -0.3 is 25.4 Å². The van der Waals surface area contributed by atoms with Gasteiger partial charge in [-0.3, -0.25) is 14.4 Å². The number of hydrogen-bond donors (Lipinski definition) is 3. The Balaban J connectivity index is 1.96. The summed E-state index contributed by atoms with van der Waals surface area (Å²) in [4.78, 5) is 40.1. The molecule has 3 saturated heterocycles. The quantitative estimate of drug-likeness (QED) is 0.521. The van der Waals surface area contributed by atoms with Gasteiger partial charge in [-0.25, -0.2) is 0 Å². The van der Waals surface area contributed by atoms with Crippen LogP contribution in [0.25, 0.3) is 0 Å². The van der Waals surface area contributed by atoms with Crippen molar-refractivity contribution >= 4 is 17.7 Å². The smallest absolute Gasteiger partial charge is 0.245 e. The van der Waals surface area contributed by atoms with Crippen LogP contribution in [0, 0.1) is 11.8 Å². The van der Waals surface area contributed by atoms with Crippen molar-refractivity contribution in [2.45, 2.75) is 63.3 Å². The van der Waals surface area contributed by atoms with Gasteiger partial charge in [0.15, 0.2) is 0 Å². The molecule has 26 heavy (non-hydrogen) atoms. The van der Waals surface area contributed by atoms with Crippen LogP contribution in [-0.4, -0.2) is 71.7 Å². The maximum absolute atomic E-state index is 13.2. The lowest BCUT2D eigenvalue weighted by molar-refractivity contribution is -0.145. The highest BCUT2D eigenvalue weighted by molar-refractivity contribution is 5.99. The lowest BCUT2D eigenvalue weighted by Crippen LogP contribution is -2.57. The third-order valence-electron chi connectivity index (χ3n) is 6.10. The van der Waals surface area contributed by atoms with Crippen LogP contribution in [-0.2, 0) is 19.1 Å². The number of unbranched alkanes of at least 4 members (excludes halogenated alkanes) is 1. The molecular formula is C18H29N3O5. The van der Waals surface area contributed by atoms with E-state index >= 15 is 0 Å². The third kappa shape index (κ3) is 2.62. The topological polar surface area (TPSA) is 108 Å². The largest absolute Gasteiger partial charge is 0.394 e. The second-order valence-electron chi connectivity index (χ2n) is 7.59. The van der Waals surface area contributed by atoms with Crippen molar-refractivity contribution < 1.29 is 24.2 Å². The molecule has 0 radical (unpaired) electrons. The number of nitrogens with zero attached hydrogens (tertiary/aromatic N) is 1. The van der Waals surface area contributed by atoms with Crippen LogP contribution in [0.15, 0.2) is 0 Å². The minimum Gasteiger partial charge on any atom is -0.394 e. The van der Waals surface area contributed by atoms with E-state index in [1.165, 1.54) is 4.90 Å². The summed E-state index contributed by atoms with van der Waals surface area (Å²) in [6, 6.07) is -1.32. The van der Waals surface area contributed by atoms with E-state index in [1.54, 1.807) is 14.0 Å². The SMILES string of the molecule is CCCCNC(=O)C1N([C@H](C)CO)C(=O)[C@@H]2[C@H](C(=O)NC)[C@@H]3CCC12O3. The van der Waals surface area contributed by atoms with Gasteiger partial charge in [0.2, 0.25) is 17.7 Å². The van der Waals surface area contributed by atoms with Gasteiger partial charge in [0.05, 0.1) is 30.6 Å².